The van der Waals surface area contributed by atoms with Crippen LogP contribution in [0.1, 0.15) is 64.0 Å². The number of ether oxygens (including phenoxy) is 2. The molecule has 3 amide bonds. The molecule has 4 rings (SSSR count). The van der Waals surface area contributed by atoms with Gasteiger partial charge in [0.1, 0.15) is 23.5 Å². The van der Waals surface area contributed by atoms with Crippen molar-refractivity contribution in [2.45, 2.75) is 83.0 Å². The Morgan fingerprint density at radius 1 is 1.22 bits per heavy atom. The normalized spacial score (nSPS) is 23.4. The van der Waals surface area contributed by atoms with Crippen molar-refractivity contribution in [3.05, 3.63) is 41.3 Å². The smallest absolute Gasteiger partial charge is 0.411 e. The Morgan fingerprint density at radius 3 is 2.59 bits per heavy atom. The number of allylic oxidation sites excluding steroid dienone is 1. The van der Waals surface area contributed by atoms with Crippen molar-refractivity contribution in [2.24, 2.45) is 11.8 Å². The number of benzene rings is 1. The molecule has 2 saturated heterocycles. The Kier molecular flexibility index (Phi) is 9.43. The molecular weight excluding hydrogens is 529 g/mol. The molecule has 1 aromatic rings. The molecule has 2 heterocycles. The number of rotatable bonds is 8. The first-order valence-corrected chi connectivity index (χ1v) is 14.1. The number of nitriles is 1. The Bertz CT molecular complexity index is 1250. The minimum atomic E-state index is -1.01. The number of halogens is 1. The summed E-state index contributed by atoms with van der Waals surface area (Å²) in [6, 6.07) is 4.56. The van der Waals surface area contributed by atoms with E-state index in [0.29, 0.717) is 43.6 Å². The standard InChI is InChI=1S/C30H38FN5O5/c1-30(2,3)41-29(39)36-24-7-6-21(13-24)26(36)28(38)35-23(16-33)12-20-5-4-19(14-25(20)31)22(15-32)17-34-27(37)18-8-10-40-11-9-18/h4-5,14-15,17-18,21,23-24,26,32H,6-13H2,1-3H3,(H,34,37)(H,35,38)/b22-17+,32-15?/t21-,23-,24+,26-/m0/s1. The van der Waals surface area contributed by atoms with E-state index in [0.717, 1.165) is 19.1 Å². The summed E-state index contributed by atoms with van der Waals surface area (Å²) < 4.78 is 25.9. The van der Waals surface area contributed by atoms with Crippen molar-refractivity contribution < 1.29 is 28.2 Å². The topological polar surface area (TPSA) is 145 Å². The molecule has 10 nitrogen and oxygen atoms in total. The first kappa shape index (κ1) is 30.2. The summed E-state index contributed by atoms with van der Waals surface area (Å²) in [5, 5.41) is 22.9. The van der Waals surface area contributed by atoms with Crippen molar-refractivity contribution in [1.82, 2.24) is 15.5 Å². The fourth-order valence-corrected chi connectivity index (χ4v) is 5.84. The van der Waals surface area contributed by atoms with Gasteiger partial charge in [0.05, 0.1) is 6.07 Å². The van der Waals surface area contributed by atoms with Gasteiger partial charge in [0.25, 0.3) is 0 Å². The highest BCUT2D eigenvalue weighted by Crippen LogP contribution is 2.43. The highest BCUT2D eigenvalue weighted by atomic mass is 19.1. The molecule has 3 aliphatic rings. The summed E-state index contributed by atoms with van der Waals surface area (Å²) in [6.07, 6.45) is 5.38. The number of hydrogen-bond acceptors (Lipinski definition) is 7. The van der Waals surface area contributed by atoms with E-state index in [1.165, 1.54) is 23.2 Å². The van der Waals surface area contributed by atoms with Gasteiger partial charge in [0.15, 0.2) is 0 Å². The Hall–Kier alpha value is -3.78. The quantitative estimate of drug-likeness (QED) is 0.409. The molecule has 220 valence electrons. The highest BCUT2D eigenvalue weighted by Gasteiger charge is 2.52. The van der Waals surface area contributed by atoms with Crippen molar-refractivity contribution >= 4 is 29.7 Å². The lowest BCUT2D eigenvalue weighted by Crippen LogP contribution is -2.55. The average molecular weight is 568 g/mol. The average Bonchev–Trinajstić information content (AvgIpc) is 3.56. The molecule has 2 bridgehead atoms. The Morgan fingerprint density at radius 2 is 1.95 bits per heavy atom. The second kappa shape index (κ2) is 12.8. The van der Waals surface area contributed by atoms with Crippen LogP contribution in [0.2, 0.25) is 0 Å². The predicted molar refractivity (Wildman–Crippen MR) is 149 cm³/mol. The summed E-state index contributed by atoms with van der Waals surface area (Å²) in [4.78, 5) is 40.1. The molecule has 3 N–H and O–H groups in total. The molecule has 3 fully saturated rings. The predicted octanol–water partition coefficient (Wildman–Crippen LogP) is 3.70. The molecular formula is C30H38FN5O5. The van der Waals surface area contributed by atoms with Gasteiger partial charge in [-0.25, -0.2) is 9.18 Å². The van der Waals surface area contributed by atoms with Crippen LogP contribution in [0.3, 0.4) is 0 Å². The first-order chi connectivity index (χ1) is 19.5. The maximum absolute atomic E-state index is 15.1. The van der Waals surface area contributed by atoms with E-state index in [9.17, 15) is 19.6 Å². The lowest BCUT2D eigenvalue weighted by molar-refractivity contribution is -0.128. The molecule has 1 aliphatic carbocycles. The molecule has 0 radical (unpaired) electrons. The van der Waals surface area contributed by atoms with E-state index in [-0.39, 0.29) is 35.8 Å². The van der Waals surface area contributed by atoms with Crippen LogP contribution >= 0.6 is 0 Å². The monoisotopic (exact) mass is 567 g/mol. The Labute approximate surface area is 239 Å². The van der Waals surface area contributed by atoms with E-state index >= 15 is 4.39 Å². The van der Waals surface area contributed by atoms with Crippen LogP contribution in [0.25, 0.3) is 5.57 Å². The van der Waals surface area contributed by atoms with Crippen LogP contribution < -0.4 is 10.6 Å². The molecule has 0 spiro atoms. The summed E-state index contributed by atoms with van der Waals surface area (Å²) in [5.41, 5.74) is 0.218. The number of nitrogens with one attached hydrogen (secondary N) is 3. The van der Waals surface area contributed by atoms with Crippen molar-refractivity contribution in [3.8, 4) is 6.07 Å². The van der Waals surface area contributed by atoms with E-state index < -0.39 is 35.5 Å². The number of nitrogens with zero attached hydrogens (tertiary/aromatic N) is 2. The largest absolute Gasteiger partial charge is 0.444 e. The van der Waals surface area contributed by atoms with Crippen molar-refractivity contribution in [2.75, 3.05) is 13.2 Å². The zero-order valence-corrected chi connectivity index (χ0v) is 23.7. The SMILES string of the molecule is CC(C)(C)OC(=O)N1[C@@H]2CC[C@@H](C2)[C@H]1C(=O)N[C@H](C#N)Cc1ccc(/C(C=N)=C/NC(=O)C2CCOCC2)cc1F. The van der Waals surface area contributed by atoms with Gasteiger partial charge in [-0.2, -0.15) is 5.26 Å². The fourth-order valence-electron chi connectivity index (χ4n) is 5.84. The van der Waals surface area contributed by atoms with E-state index in [2.05, 4.69) is 10.6 Å². The number of carbonyl (C=O) groups excluding carboxylic acids is 3. The zero-order valence-electron chi connectivity index (χ0n) is 23.7. The van der Waals surface area contributed by atoms with Crippen LogP contribution in [0.4, 0.5) is 9.18 Å². The van der Waals surface area contributed by atoms with Gasteiger partial charge in [-0.3, -0.25) is 14.5 Å². The number of fused-ring (bicyclic) bond motifs is 2. The summed E-state index contributed by atoms with van der Waals surface area (Å²) >= 11 is 0. The minimum absolute atomic E-state index is 0.0128. The number of carbonyl (C=O) groups is 3. The number of likely N-dealkylation sites (tertiary alicyclic amines) is 1. The summed E-state index contributed by atoms with van der Waals surface area (Å²) in [6.45, 7) is 6.36. The van der Waals surface area contributed by atoms with Gasteiger partial charge in [0.2, 0.25) is 11.8 Å². The molecule has 0 unspecified atom stereocenters. The zero-order chi connectivity index (χ0) is 29.7. The second-order valence-corrected chi connectivity index (χ2v) is 11.9. The van der Waals surface area contributed by atoms with Gasteiger partial charge >= 0.3 is 6.09 Å². The summed E-state index contributed by atoms with van der Waals surface area (Å²) in [5.74, 6) is -1.39. The van der Waals surface area contributed by atoms with Crippen LogP contribution in [0.5, 0.6) is 0 Å². The lowest BCUT2D eigenvalue weighted by Gasteiger charge is -2.35. The molecule has 1 saturated carbocycles. The van der Waals surface area contributed by atoms with Gasteiger partial charge in [-0.15, -0.1) is 0 Å². The molecule has 41 heavy (non-hydrogen) atoms. The highest BCUT2D eigenvalue weighted by molar-refractivity contribution is 6.08. The third-order valence-corrected chi connectivity index (χ3v) is 7.86. The van der Waals surface area contributed by atoms with Gasteiger partial charge in [-0.1, -0.05) is 12.1 Å². The lowest BCUT2D eigenvalue weighted by atomic mass is 9.97. The van der Waals surface area contributed by atoms with Gasteiger partial charge in [0, 0.05) is 49.6 Å². The number of piperidine rings is 1. The second-order valence-electron chi connectivity index (χ2n) is 11.9. The molecule has 11 heteroatoms. The molecule has 2 aliphatic heterocycles. The van der Waals surface area contributed by atoms with E-state index in [1.807, 2.05) is 6.07 Å². The fraction of sp³-hybridized carbons (Fsp3) is 0.567. The van der Waals surface area contributed by atoms with Crippen LogP contribution in [-0.2, 0) is 25.5 Å². The molecule has 4 atom stereocenters. The van der Waals surface area contributed by atoms with Gasteiger partial charge in [-0.05, 0) is 76.0 Å². The molecule has 1 aromatic carbocycles. The van der Waals surface area contributed by atoms with Crippen LogP contribution in [-0.4, -0.2) is 66.0 Å². The number of hydrogen-bond donors (Lipinski definition) is 3. The third kappa shape index (κ3) is 7.30. The maximum atomic E-state index is 15.1. The Balaban J connectivity index is 1.40. The summed E-state index contributed by atoms with van der Waals surface area (Å²) in [7, 11) is 0. The minimum Gasteiger partial charge on any atom is -0.444 e. The van der Waals surface area contributed by atoms with Gasteiger partial charge < -0.3 is 25.5 Å². The first-order valence-electron chi connectivity index (χ1n) is 14.1. The number of amides is 3. The van der Waals surface area contributed by atoms with Crippen LogP contribution in [0.15, 0.2) is 24.4 Å². The van der Waals surface area contributed by atoms with Crippen molar-refractivity contribution in [1.29, 1.82) is 10.7 Å². The maximum Gasteiger partial charge on any atom is 0.411 e. The molecule has 0 aromatic heterocycles. The van der Waals surface area contributed by atoms with Crippen LogP contribution in [0, 0.1) is 34.4 Å². The van der Waals surface area contributed by atoms with E-state index in [4.69, 9.17) is 14.9 Å². The third-order valence-electron chi connectivity index (χ3n) is 7.86. The van der Waals surface area contributed by atoms with Crippen molar-refractivity contribution in [3.63, 3.8) is 0 Å². The van der Waals surface area contributed by atoms with E-state index in [1.54, 1.807) is 26.8 Å².